The summed E-state index contributed by atoms with van der Waals surface area (Å²) in [6.07, 6.45) is 0. The smallest absolute Gasteiger partial charge is 0.252 e. The van der Waals surface area contributed by atoms with Gasteiger partial charge in [-0.1, -0.05) is 24.3 Å². The highest BCUT2D eigenvalue weighted by Crippen LogP contribution is 2.24. The van der Waals surface area contributed by atoms with E-state index in [-0.39, 0.29) is 0 Å². The molecule has 1 radical (unpaired) electrons. The molecule has 0 atom stereocenters. The van der Waals surface area contributed by atoms with Gasteiger partial charge in [-0.25, -0.2) is 0 Å². The van der Waals surface area contributed by atoms with Crippen LogP contribution in [0.1, 0.15) is 10.4 Å². The van der Waals surface area contributed by atoms with Crippen LogP contribution in [-0.4, -0.2) is 5.91 Å². The van der Waals surface area contributed by atoms with E-state index in [9.17, 15) is 4.79 Å². The highest BCUT2D eigenvalue weighted by Gasteiger charge is 2.08. The van der Waals surface area contributed by atoms with E-state index in [0.29, 0.717) is 17.1 Å². The summed E-state index contributed by atoms with van der Waals surface area (Å²) in [5.74, 6) is 0.561. The summed E-state index contributed by atoms with van der Waals surface area (Å²) in [5.41, 5.74) is 5.59. The molecule has 0 aliphatic heterocycles. The first kappa shape index (κ1) is 10.2. The van der Waals surface area contributed by atoms with E-state index >= 15 is 0 Å². The predicted molar refractivity (Wildman–Crippen MR) is 60.3 cm³/mol. The van der Waals surface area contributed by atoms with Gasteiger partial charge in [-0.2, -0.15) is 0 Å². The van der Waals surface area contributed by atoms with Crippen LogP contribution in [0, 0.1) is 6.07 Å². The van der Waals surface area contributed by atoms with Crippen molar-refractivity contribution < 1.29 is 9.53 Å². The van der Waals surface area contributed by atoms with Crippen molar-refractivity contribution in [1.29, 1.82) is 0 Å². The third-order valence-electron chi connectivity index (χ3n) is 2.06. The van der Waals surface area contributed by atoms with Gasteiger partial charge in [0.2, 0.25) is 0 Å². The molecule has 2 aromatic carbocycles. The Morgan fingerprint density at radius 1 is 1.19 bits per heavy atom. The van der Waals surface area contributed by atoms with Gasteiger partial charge in [-0.3, -0.25) is 4.79 Å². The molecule has 0 aliphatic rings. The van der Waals surface area contributed by atoms with Crippen molar-refractivity contribution >= 4 is 5.91 Å². The van der Waals surface area contributed by atoms with Crippen LogP contribution in [0.5, 0.6) is 11.5 Å². The zero-order valence-corrected chi connectivity index (χ0v) is 8.51. The van der Waals surface area contributed by atoms with Gasteiger partial charge in [0.25, 0.3) is 5.91 Å². The number of amides is 1. The summed E-state index contributed by atoms with van der Waals surface area (Å²) in [4.78, 5) is 11.1. The Kier molecular flexibility index (Phi) is 2.87. The Bertz CT molecular complexity index is 494. The van der Waals surface area contributed by atoms with Crippen LogP contribution in [0.4, 0.5) is 0 Å². The number of benzene rings is 2. The fraction of sp³-hybridized carbons (Fsp3) is 0. The molecule has 0 bridgehead atoms. The number of carbonyl (C=O) groups excluding carboxylic acids is 1. The molecule has 0 aliphatic carbocycles. The molecule has 2 aromatic rings. The van der Waals surface area contributed by atoms with E-state index in [1.54, 1.807) is 30.3 Å². The van der Waals surface area contributed by atoms with Gasteiger partial charge in [0.1, 0.15) is 11.5 Å². The third-order valence-corrected chi connectivity index (χ3v) is 2.06. The SMILES string of the molecule is NC(=O)c1cc[c]cc1Oc1ccccc1. The second-order valence-corrected chi connectivity index (χ2v) is 3.20. The molecule has 16 heavy (non-hydrogen) atoms. The first-order valence-corrected chi connectivity index (χ1v) is 4.80. The minimum atomic E-state index is -0.514. The number of nitrogens with two attached hydrogens (primary N) is 1. The third kappa shape index (κ3) is 2.20. The monoisotopic (exact) mass is 212 g/mol. The average Bonchev–Trinajstić information content (AvgIpc) is 2.31. The van der Waals surface area contributed by atoms with Gasteiger partial charge < -0.3 is 10.5 Å². The van der Waals surface area contributed by atoms with Crippen molar-refractivity contribution in [1.82, 2.24) is 0 Å². The molecule has 79 valence electrons. The van der Waals surface area contributed by atoms with Gasteiger partial charge in [0.05, 0.1) is 5.56 Å². The molecule has 0 heterocycles. The van der Waals surface area contributed by atoms with E-state index in [1.807, 2.05) is 18.2 Å². The number of hydrogen-bond acceptors (Lipinski definition) is 2. The Morgan fingerprint density at radius 2 is 1.94 bits per heavy atom. The van der Waals surface area contributed by atoms with Crippen LogP contribution in [0.3, 0.4) is 0 Å². The zero-order chi connectivity index (χ0) is 11.4. The van der Waals surface area contributed by atoms with E-state index < -0.39 is 5.91 Å². The number of para-hydroxylation sites is 1. The largest absolute Gasteiger partial charge is 0.457 e. The summed E-state index contributed by atoms with van der Waals surface area (Å²) in [5, 5.41) is 0. The number of ether oxygens (including phenoxy) is 1. The van der Waals surface area contributed by atoms with Gasteiger partial charge >= 0.3 is 0 Å². The van der Waals surface area contributed by atoms with Crippen LogP contribution in [0.25, 0.3) is 0 Å². The molecule has 3 nitrogen and oxygen atoms in total. The standard InChI is InChI=1S/C13H10NO2/c14-13(15)11-8-4-5-9-12(11)16-10-6-2-1-3-7-10/h1-4,6-9H,(H2,14,15). The van der Waals surface area contributed by atoms with E-state index in [2.05, 4.69) is 6.07 Å². The Hall–Kier alpha value is -2.29. The molecule has 3 heteroatoms. The lowest BCUT2D eigenvalue weighted by molar-refractivity contribution is 0.0998. The molecular weight excluding hydrogens is 202 g/mol. The van der Waals surface area contributed by atoms with Crippen LogP contribution < -0.4 is 10.5 Å². The van der Waals surface area contributed by atoms with Crippen LogP contribution in [0.2, 0.25) is 0 Å². The molecule has 0 spiro atoms. The quantitative estimate of drug-likeness (QED) is 0.849. The number of carbonyl (C=O) groups is 1. The van der Waals surface area contributed by atoms with Crippen molar-refractivity contribution in [3.8, 4) is 11.5 Å². The number of hydrogen-bond donors (Lipinski definition) is 1. The lowest BCUT2D eigenvalue weighted by Gasteiger charge is -2.08. The molecule has 2 rings (SSSR count). The molecule has 0 aromatic heterocycles. The molecule has 0 fully saturated rings. The normalized spacial score (nSPS) is 9.75. The van der Waals surface area contributed by atoms with Crippen molar-refractivity contribution in [3.63, 3.8) is 0 Å². The van der Waals surface area contributed by atoms with E-state index in [1.165, 1.54) is 0 Å². The van der Waals surface area contributed by atoms with Crippen LogP contribution in [0.15, 0.2) is 48.5 Å². The van der Waals surface area contributed by atoms with Gasteiger partial charge in [0.15, 0.2) is 0 Å². The average molecular weight is 212 g/mol. The van der Waals surface area contributed by atoms with Gasteiger partial charge in [-0.15, -0.1) is 0 Å². The lowest BCUT2D eigenvalue weighted by Crippen LogP contribution is -2.11. The Morgan fingerprint density at radius 3 is 2.62 bits per heavy atom. The topological polar surface area (TPSA) is 52.3 Å². The first-order chi connectivity index (χ1) is 7.77. The van der Waals surface area contributed by atoms with Gasteiger partial charge in [-0.05, 0) is 30.3 Å². The van der Waals surface area contributed by atoms with Crippen LogP contribution in [-0.2, 0) is 0 Å². The Labute approximate surface area is 93.5 Å². The van der Waals surface area contributed by atoms with Crippen molar-refractivity contribution in [2.24, 2.45) is 5.73 Å². The van der Waals surface area contributed by atoms with Crippen molar-refractivity contribution in [2.75, 3.05) is 0 Å². The van der Waals surface area contributed by atoms with Gasteiger partial charge in [0, 0.05) is 0 Å². The molecule has 0 unspecified atom stereocenters. The summed E-state index contributed by atoms with van der Waals surface area (Å²) in [6, 6.07) is 16.8. The highest BCUT2D eigenvalue weighted by molar-refractivity contribution is 5.95. The maximum absolute atomic E-state index is 11.1. The fourth-order valence-corrected chi connectivity index (χ4v) is 1.32. The summed E-state index contributed by atoms with van der Waals surface area (Å²) in [6.45, 7) is 0. The predicted octanol–water partition coefficient (Wildman–Crippen LogP) is 2.38. The molecule has 2 N–H and O–H groups in total. The molecule has 0 saturated carbocycles. The zero-order valence-electron chi connectivity index (χ0n) is 8.51. The summed E-state index contributed by atoms with van der Waals surface area (Å²) < 4.78 is 5.54. The second-order valence-electron chi connectivity index (χ2n) is 3.20. The highest BCUT2D eigenvalue weighted by atomic mass is 16.5. The number of primary amides is 1. The lowest BCUT2D eigenvalue weighted by atomic mass is 10.2. The van der Waals surface area contributed by atoms with Crippen molar-refractivity contribution in [2.45, 2.75) is 0 Å². The molecular formula is C13H10NO2. The maximum atomic E-state index is 11.1. The molecule has 0 saturated heterocycles. The summed E-state index contributed by atoms with van der Waals surface area (Å²) in [7, 11) is 0. The second kappa shape index (κ2) is 4.49. The fourth-order valence-electron chi connectivity index (χ4n) is 1.32. The number of rotatable bonds is 3. The molecule has 1 amide bonds. The van der Waals surface area contributed by atoms with E-state index in [0.717, 1.165) is 0 Å². The summed E-state index contributed by atoms with van der Waals surface area (Å²) >= 11 is 0. The minimum Gasteiger partial charge on any atom is -0.457 e. The first-order valence-electron chi connectivity index (χ1n) is 4.80. The van der Waals surface area contributed by atoms with Crippen LogP contribution >= 0.6 is 0 Å². The minimum absolute atomic E-state index is 0.350. The van der Waals surface area contributed by atoms with E-state index in [4.69, 9.17) is 10.5 Å². The maximum Gasteiger partial charge on any atom is 0.252 e. The van der Waals surface area contributed by atoms with Crippen molar-refractivity contribution in [3.05, 3.63) is 60.2 Å². The Balaban J connectivity index is 2.31.